The molecule has 0 fully saturated rings. The summed E-state index contributed by atoms with van der Waals surface area (Å²) in [6, 6.07) is 1.44. The maximum atomic E-state index is 14.3. The highest BCUT2D eigenvalue weighted by Crippen LogP contribution is 2.38. The number of aliphatic imine (C=N–C) groups is 1. The topological polar surface area (TPSA) is 97.7 Å². The number of nitrogens with zero attached hydrogens (tertiary/aromatic N) is 2. The Morgan fingerprint density at radius 3 is 2.48 bits per heavy atom. The number of aromatic nitrogens is 1. The van der Waals surface area contributed by atoms with Gasteiger partial charge in [0.15, 0.2) is 9.84 Å². The predicted molar refractivity (Wildman–Crippen MR) is 104 cm³/mol. The highest BCUT2D eigenvalue weighted by molar-refractivity contribution is 9.10. The minimum Gasteiger partial charge on any atom is -0.444 e. The largest absolute Gasteiger partial charge is 0.444 e. The van der Waals surface area contributed by atoms with E-state index in [2.05, 4.69) is 31.2 Å². The smallest absolute Gasteiger partial charge is 0.413 e. The number of carbonyl (C=O) groups excluding carboxylic acids is 1. The molecule has 0 aliphatic carbocycles. The molecular formula is C17H23BrFN3O4S. The van der Waals surface area contributed by atoms with Crippen molar-refractivity contribution in [1.82, 2.24) is 10.3 Å². The van der Waals surface area contributed by atoms with Crippen molar-refractivity contribution in [2.24, 2.45) is 4.99 Å². The number of halogens is 2. The monoisotopic (exact) mass is 463 g/mol. The van der Waals surface area contributed by atoms with Gasteiger partial charge in [0, 0.05) is 16.2 Å². The van der Waals surface area contributed by atoms with Crippen LogP contribution in [0.4, 0.5) is 9.18 Å². The lowest BCUT2D eigenvalue weighted by Gasteiger charge is -2.39. The van der Waals surface area contributed by atoms with Crippen molar-refractivity contribution in [3.05, 3.63) is 28.2 Å². The number of hydrogen-bond donors (Lipinski definition) is 1. The molecule has 1 N–H and O–H groups in total. The fraction of sp³-hybridized carbons (Fsp3) is 0.588. The van der Waals surface area contributed by atoms with Gasteiger partial charge in [0.2, 0.25) is 5.95 Å². The molecular weight excluding hydrogens is 441 g/mol. The summed E-state index contributed by atoms with van der Waals surface area (Å²) in [5.74, 6) is -1.36. The molecule has 150 valence electrons. The minimum atomic E-state index is -3.80. The van der Waals surface area contributed by atoms with Crippen LogP contribution < -0.4 is 5.32 Å². The third kappa shape index (κ3) is 4.48. The van der Waals surface area contributed by atoms with E-state index in [0.29, 0.717) is 4.47 Å². The van der Waals surface area contributed by atoms with E-state index >= 15 is 0 Å². The molecule has 7 nitrogen and oxygen atoms in total. The van der Waals surface area contributed by atoms with Crippen molar-refractivity contribution < 1.29 is 22.3 Å². The number of sulfone groups is 1. The van der Waals surface area contributed by atoms with Gasteiger partial charge in [-0.25, -0.2) is 18.2 Å². The molecule has 1 aromatic rings. The van der Waals surface area contributed by atoms with Gasteiger partial charge in [-0.05, 0) is 63.5 Å². The average molecular weight is 464 g/mol. The second-order valence-electron chi connectivity index (χ2n) is 8.12. The van der Waals surface area contributed by atoms with Gasteiger partial charge in [0.1, 0.15) is 21.7 Å². The molecule has 0 bridgehead atoms. The molecule has 0 aromatic carbocycles. The summed E-state index contributed by atoms with van der Waals surface area (Å²) in [4.78, 5) is 20.2. The molecule has 1 aliphatic rings. The van der Waals surface area contributed by atoms with E-state index in [1.165, 1.54) is 33.0 Å². The van der Waals surface area contributed by atoms with E-state index in [4.69, 9.17) is 4.74 Å². The average Bonchev–Trinajstić information content (AvgIpc) is 2.45. The number of nitrogens with one attached hydrogen (secondary N) is 1. The first-order valence-corrected chi connectivity index (χ1v) is 10.7. The normalized spacial score (nSPS) is 24.1. The Hall–Kier alpha value is -1.55. The standard InChI is InChI=1S/C17H23BrFN3O4S/c1-15(2,3)26-14(23)21-13-16(4,5)27(24,25)9-17(6,22-13)11-7-10(18)8-20-12(11)19/h7-8H,9H2,1-6H3,(H,21,22,23)/t17-/m0/s1. The van der Waals surface area contributed by atoms with Gasteiger partial charge in [-0.2, -0.15) is 4.39 Å². The van der Waals surface area contributed by atoms with E-state index in [1.54, 1.807) is 20.8 Å². The fourth-order valence-corrected chi connectivity index (χ4v) is 4.67. The minimum absolute atomic E-state index is 0.0134. The lowest BCUT2D eigenvalue weighted by molar-refractivity contribution is 0.0560. The first-order valence-electron chi connectivity index (χ1n) is 8.22. The highest BCUT2D eigenvalue weighted by atomic mass is 79.9. The molecule has 0 saturated heterocycles. The third-order valence-electron chi connectivity index (χ3n) is 4.18. The Morgan fingerprint density at radius 2 is 1.93 bits per heavy atom. The van der Waals surface area contributed by atoms with Crippen molar-refractivity contribution in [3.8, 4) is 0 Å². The van der Waals surface area contributed by atoms with Gasteiger partial charge >= 0.3 is 6.09 Å². The molecule has 10 heteroatoms. The SMILES string of the molecule is CC(C)(C)OC(=O)NC1=N[C@](C)(c2cc(Br)cnc2F)CS(=O)(=O)C1(C)C. The molecule has 2 heterocycles. The number of carbonyl (C=O) groups is 1. The summed E-state index contributed by atoms with van der Waals surface area (Å²) >= 11 is 3.21. The Labute approximate surface area is 166 Å². The highest BCUT2D eigenvalue weighted by Gasteiger charge is 2.51. The molecule has 1 amide bonds. The second-order valence-corrected chi connectivity index (χ2v) is 11.6. The Bertz CT molecular complexity index is 909. The van der Waals surface area contributed by atoms with E-state index in [0.717, 1.165) is 0 Å². The van der Waals surface area contributed by atoms with Crippen LogP contribution in [0.15, 0.2) is 21.7 Å². The Balaban J connectivity index is 2.57. The quantitative estimate of drug-likeness (QED) is 0.643. The summed E-state index contributed by atoms with van der Waals surface area (Å²) in [6.45, 7) is 9.42. The van der Waals surface area contributed by atoms with Crippen LogP contribution >= 0.6 is 15.9 Å². The van der Waals surface area contributed by atoms with E-state index < -0.39 is 43.5 Å². The van der Waals surface area contributed by atoms with Crippen LogP contribution in [0.25, 0.3) is 0 Å². The maximum absolute atomic E-state index is 14.3. The fourth-order valence-electron chi connectivity index (χ4n) is 2.63. The predicted octanol–water partition coefficient (Wildman–Crippen LogP) is 3.33. The zero-order chi connectivity index (χ0) is 20.8. The zero-order valence-corrected chi connectivity index (χ0v) is 18.5. The van der Waals surface area contributed by atoms with Crippen molar-refractivity contribution >= 4 is 37.7 Å². The molecule has 0 spiro atoms. The molecule has 1 aromatic heterocycles. The van der Waals surface area contributed by atoms with Crippen LogP contribution in [0, 0.1) is 5.95 Å². The van der Waals surface area contributed by atoms with Crippen molar-refractivity contribution in [2.75, 3.05) is 5.75 Å². The van der Waals surface area contributed by atoms with Crippen LogP contribution in [-0.2, 0) is 20.1 Å². The summed E-state index contributed by atoms with van der Waals surface area (Å²) in [7, 11) is -3.80. The van der Waals surface area contributed by atoms with E-state index in [1.807, 2.05) is 0 Å². The molecule has 0 radical (unpaired) electrons. The van der Waals surface area contributed by atoms with Crippen LogP contribution in [0.5, 0.6) is 0 Å². The molecule has 2 rings (SSSR count). The summed E-state index contributed by atoms with van der Waals surface area (Å²) in [6.07, 6.45) is 0.439. The van der Waals surface area contributed by atoms with Gasteiger partial charge in [0.05, 0.1) is 5.75 Å². The number of amides is 1. The molecule has 0 saturated carbocycles. The van der Waals surface area contributed by atoms with Crippen LogP contribution in [-0.4, -0.2) is 41.4 Å². The van der Waals surface area contributed by atoms with Crippen LogP contribution in [0.2, 0.25) is 0 Å². The van der Waals surface area contributed by atoms with Gasteiger partial charge < -0.3 is 4.74 Å². The maximum Gasteiger partial charge on any atom is 0.413 e. The Morgan fingerprint density at radius 1 is 1.33 bits per heavy atom. The third-order valence-corrected chi connectivity index (χ3v) is 7.31. The van der Waals surface area contributed by atoms with Gasteiger partial charge in [-0.3, -0.25) is 10.3 Å². The lowest BCUT2D eigenvalue weighted by atomic mass is 9.95. The van der Waals surface area contributed by atoms with Gasteiger partial charge in [-0.15, -0.1) is 0 Å². The van der Waals surface area contributed by atoms with Gasteiger partial charge in [0.25, 0.3) is 0 Å². The lowest BCUT2D eigenvalue weighted by Crippen LogP contribution is -2.58. The first-order chi connectivity index (χ1) is 12.1. The summed E-state index contributed by atoms with van der Waals surface area (Å²) in [5.41, 5.74) is -2.22. The zero-order valence-electron chi connectivity index (χ0n) is 16.1. The molecule has 27 heavy (non-hydrogen) atoms. The molecule has 0 unspecified atom stereocenters. The summed E-state index contributed by atoms with van der Waals surface area (Å²) < 4.78 is 44.4. The molecule has 1 atom stereocenters. The second kappa shape index (κ2) is 6.80. The van der Waals surface area contributed by atoms with Crippen molar-refractivity contribution in [1.29, 1.82) is 0 Å². The number of ether oxygens (including phenoxy) is 1. The number of amidine groups is 1. The van der Waals surface area contributed by atoms with E-state index in [9.17, 15) is 17.6 Å². The Kier molecular flexibility index (Phi) is 5.48. The number of rotatable bonds is 1. The number of alkyl carbamates (subject to hydrolysis) is 1. The number of hydrogen-bond acceptors (Lipinski definition) is 6. The van der Waals surface area contributed by atoms with E-state index in [-0.39, 0.29) is 11.4 Å². The number of pyridine rings is 1. The summed E-state index contributed by atoms with van der Waals surface area (Å²) in [5, 5.41) is 2.44. The van der Waals surface area contributed by atoms with Crippen LogP contribution in [0.3, 0.4) is 0 Å². The molecule has 1 aliphatic heterocycles. The van der Waals surface area contributed by atoms with Crippen LogP contribution in [0.1, 0.15) is 47.1 Å². The van der Waals surface area contributed by atoms with Crippen molar-refractivity contribution in [3.63, 3.8) is 0 Å². The van der Waals surface area contributed by atoms with Crippen molar-refractivity contribution in [2.45, 2.75) is 57.4 Å². The van der Waals surface area contributed by atoms with Gasteiger partial charge in [-0.1, -0.05) is 0 Å². The first kappa shape index (κ1) is 21.7.